The molecule has 5 nitrogen and oxygen atoms in total. The molecule has 4 rings (SSSR count). The highest BCUT2D eigenvalue weighted by atomic mass is 32.2. The minimum Gasteiger partial charge on any atom is -0.456 e. The molecule has 25 heavy (non-hydrogen) atoms. The summed E-state index contributed by atoms with van der Waals surface area (Å²) < 4.78 is 19.7. The van der Waals surface area contributed by atoms with Crippen molar-refractivity contribution in [1.29, 1.82) is 0 Å². The third-order valence-electron chi connectivity index (χ3n) is 3.66. The van der Waals surface area contributed by atoms with E-state index in [0.717, 1.165) is 5.39 Å². The van der Waals surface area contributed by atoms with Crippen LogP contribution in [0.4, 0.5) is 10.1 Å². The predicted molar refractivity (Wildman–Crippen MR) is 100 cm³/mol. The Hall–Kier alpha value is -2.71. The van der Waals surface area contributed by atoms with E-state index in [1.165, 1.54) is 23.9 Å². The number of nitrogens with one attached hydrogen (secondary N) is 1. The lowest BCUT2D eigenvalue weighted by molar-refractivity contribution is -0.115. The molecule has 3 heterocycles. The maximum absolute atomic E-state index is 13.4. The third kappa shape index (κ3) is 2.90. The molecule has 1 saturated heterocycles. The van der Waals surface area contributed by atoms with Crippen molar-refractivity contribution < 1.29 is 13.6 Å². The minimum absolute atomic E-state index is 0.0518. The average Bonchev–Trinajstić information content (AvgIpc) is 3.12. The molecule has 0 atom stereocenters. The number of thiocarbonyl (C=S) groups is 1. The Morgan fingerprint density at radius 2 is 2.16 bits per heavy atom. The molecular formula is C17H10FN3O2S2. The van der Waals surface area contributed by atoms with Crippen LogP contribution in [-0.2, 0) is 4.79 Å². The van der Waals surface area contributed by atoms with Gasteiger partial charge in [-0.05, 0) is 23.8 Å². The summed E-state index contributed by atoms with van der Waals surface area (Å²) in [4.78, 5) is 16.4. The molecule has 3 N–H and O–H groups in total. The summed E-state index contributed by atoms with van der Waals surface area (Å²) in [6, 6.07) is 6.23. The summed E-state index contributed by atoms with van der Waals surface area (Å²) in [6.45, 7) is 0. The van der Waals surface area contributed by atoms with Crippen LogP contribution in [-0.4, -0.2) is 15.2 Å². The highest BCUT2D eigenvalue weighted by Crippen LogP contribution is 2.33. The van der Waals surface area contributed by atoms with Gasteiger partial charge < -0.3 is 15.5 Å². The zero-order valence-electron chi connectivity index (χ0n) is 12.6. The number of amides is 1. The van der Waals surface area contributed by atoms with Gasteiger partial charge in [0.1, 0.15) is 21.5 Å². The first-order chi connectivity index (χ1) is 12.0. The number of furan rings is 1. The maximum Gasteiger partial charge on any atom is 0.263 e. The van der Waals surface area contributed by atoms with Crippen molar-refractivity contribution in [3.63, 3.8) is 0 Å². The molecule has 1 amide bonds. The first kappa shape index (κ1) is 15.8. The van der Waals surface area contributed by atoms with Gasteiger partial charge in [-0.25, -0.2) is 4.39 Å². The van der Waals surface area contributed by atoms with Crippen LogP contribution >= 0.6 is 24.0 Å². The summed E-state index contributed by atoms with van der Waals surface area (Å²) in [6.07, 6.45) is 4.91. The normalized spacial score (nSPS) is 16.0. The number of halogens is 1. The van der Waals surface area contributed by atoms with Crippen molar-refractivity contribution in [3.05, 3.63) is 53.1 Å². The number of aromatic nitrogens is 1. The van der Waals surface area contributed by atoms with Crippen LogP contribution in [0.1, 0.15) is 5.76 Å². The van der Waals surface area contributed by atoms with E-state index in [1.807, 2.05) is 0 Å². The second kappa shape index (κ2) is 5.98. The monoisotopic (exact) mass is 371 g/mol. The number of fused-ring (bicyclic) bond motifs is 1. The Morgan fingerprint density at radius 1 is 1.32 bits per heavy atom. The van der Waals surface area contributed by atoms with E-state index < -0.39 is 5.82 Å². The molecule has 1 aromatic carbocycles. The fourth-order valence-electron chi connectivity index (χ4n) is 2.52. The third-order valence-corrected chi connectivity index (χ3v) is 4.83. The number of nitrogens with two attached hydrogens (primary N) is 1. The average molecular weight is 371 g/mol. The standard InChI is InChI=1S/C17H10FN3O2S2/c18-12-2-1-8(4-13(12)19)11-7-20-6-9-3-10(23-15(9)11)5-14-16(22)21-17(24)25-14/h1-7H,19H2,(H,21,22,24)/b14-5-. The van der Waals surface area contributed by atoms with E-state index in [2.05, 4.69) is 10.3 Å². The van der Waals surface area contributed by atoms with Crippen molar-refractivity contribution in [2.24, 2.45) is 0 Å². The van der Waals surface area contributed by atoms with Crippen molar-refractivity contribution in [3.8, 4) is 11.1 Å². The number of nitrogens with zero attached hydrogens (tertiary/aromatic N) is 1. The lowest BCUT2D eigenvalue weighted by Crippen LogP contribution is -2.17. The van der Waals surface area contributed by atoms with E-state index in [4.69, 9.17) is 22.4 Å². The highest BCUT2D eigenvalue weighted by Gasteiger charge is 2.23. The summed E-state index contributed by atoms with van der Waals surface area (Å²) in [7, 11) is 0. The van der Waals surface area contributed by atoms with Crippen LogP contribution < -0.4 is 11.1 Å². The summed E-state index contributed by atoms with van der Waals surface area (Å²) in [5.74, 6) is -0.226. The van der Waals surface area contributed by atoms with E-state index >= 15 is 0 Å². The van der Waals surface area contributed by atoms with E-state index in [0.29, 0.717) is 31.7 Å². The Bertz CT molecular complexity index is 1070. The number of anilines is 1. The van der Waals surface area contributed by atoms with E-state index in [1.54, 1.807) is 30.6 Å². The fraction of sp³-hybridized carbons (Fsp3) is 0. The lowest BCUT2D eigenvalue weighted by atomic mass is 10.1. The summed E-state index contributed by atoms with van der Waals surface area (Å²) in [5, 5.41) is 3.32. The quantitative estimate of drug-likeness (QED) is 0.406. The minimum atomic E-state index is -0.478. The number of carbonyl (C=O) groups is 1. The van der Waals surface area contributed by atoms with Gasteiger partial charge in [-0.3, -0.25) is 9.78 Å². The number of pyridine rings is 1. The topological polar surface area (TPSA) is 81.1 Å². The molecule has 0 aliphatic carbocycles. The van der Waals surface area contributed by atoms with Gasteiger partial charge in [-0.1, -0.05) is 30.0 Å². The maximum atomic E-state index is 13.4. The second-order valence-electron chi connectivity index (χ2n) is 5.34. The first-order valence-electron chi connectivity index (χ1n) is 7.19. The highest BCUT2D eigenvalue weighted by molar-refractivity contribution is 8.26. The molecule has 1 fully saturated rings. The van der Waals surface area contributed by atoms with Crippen LogP contribution in [0.15, 0.2) is 46.0 Å². The van der Waals surface area contributed by atoms with Crippen LogP contribution in [0, 0.1) is 5.82 Å². The summed E-state index contributed by atoms with van der Waals surface area (Å²) in [5.41, 5.74) is 7.67. The number of rotatable bonds is 2. The SMILES string of the molecule is Nc1cc(-c2cncc3cc(/C=C4\SC(=S)NC4=O)oc23)ccc1F. The van der Waals surface area contributed by atoms with Gasteiger partial charge in [0.05, 0.1) is 10.6 Å². The second-order valence-corrected chi connectivity index (χ2v) is 7.06. The largest absolute Gasteiger partial charge is 0.456 e. The van der Waals surface area contributed by atoms with Crippen molar-refractivity contribution in [2.75, 3.05) is 5.73 Å². The fourth-order valence-corrected chi connectivity index (χ4v) is 3.54. The summed E-state index contributed by atoms with van der Waals surface area (Å²) >= 11 is 6.15. The zero-order chi connectivity index (χ0) is 17.6. The number of benzene rings is 1. The number of nitrogen functional groups attached to an aromatic ring is 1. The van der Waals surface area contributed by atoms with E-state index in [9.17, 15) is 9.18 Å². The van der Waals surface area contributed by atoms with Crippen LogP contribution in [0.5, 0.6) is 0 Å². The van der Waals surface area contributed by atoms with Crippen LogP contribution in [0.25, 0.3) is 28.2 Å². The van der Waals surface area contributed by atoms with Gasteiger partial charge in [-0.15, -0.1) is 0 Å². The molecule has 0 bridgehead atoms. The zero-order valence-corrected chi connectivity index (χ0v) is 14.2. The molecule has 2 aromatic heterocycles. The molecule has 1 aliphatic rings. The van der Waals surface area contributed by atoms with Crippen molar-refractivity contribution in [1.82, 2.24) is 10.3 Å². The molecule has 1 aliphatic heterocycles. The van der Waals surface area contributed by atoms with Crippen molar-refractivity contribution >= 4 is 56.9 Å². The number of thioether (sulfide) groups is 1. The number of carbonyl (C=O) groups excluding carboxylic acids is 1. The van der Waals surface area contributed by atoms with Gasteiger partial charge in [0.15, 0.2) is 0 Å². The van der Waals surface area contributed by atoms with Gasteiger partial charge in [-0.2, -0.15) is 0 Å². The Morgan fingerprint density at radius 3 is 2.88 bits per heavy atom. The molecule has 0 spiro atoms. The molecule has 0 radical (unpaired) electrons. The lowest BCUT2D eigenvalue weighted by Gasteiger charge is -2.04. The molecular weight excluding hydrogens is 361 g/mol. The Labute approximate surface area is 151 Å². The van der Waals surface area contributed by atoms with Crippen LogP contribution in [0.2, 0.25) is 0 Å². The number of hydrogen-bond donors (Lipinski definition) is 2. The van der Waals surface area contributed by atoms with Crippen LogP contribution in [0.3, 0.4) is 0 Å². The van der Waals surface area contributed by atoms with Gasteiger partial charge in [0.25, 0.3) is 5.91 Å². The molecule has 124 valence electrons. The van der Waals surface area contributed by atoms with Crippen molar-refractivity contribution in [2.45, 2.75) is 0 Å². The predicted octanol–water partition coefficient (Wildman–Crippen LogP) is 3.70. The molecule has 8 heteroatoms. The smallest absolute Gasteiger partial charge is 0.263 e. The first-order valence-corrected chi connectivity index (χ1v) is 8.41. The van der Waals surface area contributed by atoms with Gasteiger partial charge >= 0.3 is 0 Å². The van der Waals surface area contributed by atoms with Gasteiger partial charge in [0, 0.05) is 29.4 Å². The Kier molecular flexibility index (Phi) is 3.78. The Balaban J connectivity index is 1.81. The van der Waals surface area contributed by atoms with Gasteiger partial charge in [0.2, 0.25) is 0 Å². The molecule has 0 unspecified atom stereocenters. The number of hydrogen-bond acceptors (Lipinski definition) is 6. The molecule has 0 saturated carbocycles. The van der Waals surface area contributed by atoms with E-state index in [-0.39, 0.29) is 11.6 Å². The molecule has 3 aromatic rings.